The Hall–Kier alpha value is -1.82. The van der Waals surface area contributed by atoms with E-state index in [9.17, 15) is 19.1 Å². The quantitative estimate of drug-likeness (QED) is 0.805. The molecule has 2 atom stereocenters. The van der Waals surface area contributed by atoms with Crippen LogP contribution in [0.1, 0.15) is 33.6 Å². The molecular weight excluding hydrogens is 313 g/mol. The minimum absolute atomic E-state index is 0.0363. The smallest absolute Gasteiger partial charge is 0.329 e. The Morgan fingerprint density at radius 3 is 2.64 bits per heavy atom. The van der Waals surface area contributed by atoms with Gasteiger partial charge in [0.15, 0.2) is 6.10 Å². The summed E-state index contributed by atoms with van der Waals surface area (Å²) in [6, 6.07) is 3.54. The van der Waals surface area contributed by atoms with Crippen LogP contribution in [0.25, 0.3) is 0 Å². The van der Waals surface area contributed by atoms with Crippen LogP contribution in [0, 0.1) is 5.82 Å². The fraction of sp³-hybridized carbons (Fsp3) is 0.467. The zero-order valence-corrected chi connectivity index (χ0v) is 13.4. The summed E-state index contributed by atoms with van der Waals surface area (Å²) in [6.45, 7) is 4.73. The Bertz CT molecular complexity index is 566. The van der Waals surface area contributed by atoms with Crippen LogP contribution in [0.4, 0.5) is 4.39 Å². The second-order valence-electron chi connectivity index (χ2n) is 5.21. The number of carbonyl (C=O) groups is 2. The molecule has 7 heteroatoms. The molecular formula is C15H19ClFNO4. The van der Waals surface area contributed by atoms with Gasteiger partial charge in [0.2, 0.25) is 0 Å². The van der Waals surface area contributed by atoms with Crippen molar-refractivity contribution >= 4 is 23.5 Å². The van der Waals surface area contributed by atoms with Crippen LogP contribution in [-0.2, 0) is 9.59 Å². The van der Waals surface area contributed by atoms with Crippen molar-refractivity contribution in [3.8, 4) is 5.75 Å². The highest BCUT2D eigenvalue weighted by Crippen LogP contribution is 2.26. The first-order valence-corrected chi connectivity index (χ1v) is 7.24. The number of carbonyl (C=O) groups excluding carboxylic acids is 1. The van der Waals surface area contributed by atoms with Crippen LogP contribution < -0.4 is 10.1 Å². The monoisotopic (exact) mass is 331 g/mol. The molecule has 0 saturated carbocycles. The van der Waals surface area contributed by atoms with Crippen molar-refractivity contribution in [2.75, 3.05) is 0 Å². The maximum Gasteiger partial charge on any atom is 0.329 e. The number of halogens is 2. The number of carboxylic acids is 1. The zero-order valence-electron chi connectivity index (χ0n) is 12.7. The molecule has 0 aliphatic rings. The molecule has 0 radical (unpaired) electrons. The minimum atomic E-state index is -1.37. The number of hydrogen-bond acceptors (Lipinski definition) is 3. The van der Waals surface area contributed by atoms with Crippen LogP contribution >= 0.6 is 11.6 Å². The number of benzene rings is 1. The van der Waals surface area contributed by atoms with Crippen molar-refractivity contribution in [1.82, 2.24) is 5.32 Å². The van der Waals surface area contributed by atoms with E-state index in [1.807, 2.05) is 6.92 Å². The van der Waals surface area contributed by atoms with Gasteiger partial charge in [0.05, 0.1) is 5.02 Å². The molecule has 0 fully saturated rings. The van der Waals surface area contributed by atoms with Crippen LogP contribution in [0.3, 0.4) is 0 Å². The molecule has 0 aliphatic carbocycles. The molecule has 5 nitrogen and oxygen atoms in total. The van der Waals surface area contributed by atoms with Crippen LogP contribution in [0.2, 0.25) is 5.02 Å². The molecule has 22 heavy (non-hydrogen) atoms. The van der Waals surface area contributed by atoms with Crippen molar-refractivity contribution in [3.05, 3.63) is 29.0 Å². The van der Waals surface area contributed by atoms with Gasteiger partial charge in [0.1, 0.15) is 17.1 Å². The van der Waals surface area contributed by atoms with Gasteiger partial charge in [-0.05, 0) is 38.5 Å². The molecule has 1 rings (SSSR count). The third-order valence-corrected chi connectivity index (χ3v) is 3.48. The maximum absolute atomic E-state index is 13.0. The summed E-state index contributed by atoms with van der Waals surface area (Å²) in [5.74, 6) is -2.07. The second kappa shape index (κ2) is 7.45. The van der Waals surface area contributed by atoms with Crippen LogP contribution in [-0.4, -0.2) is 28.6 Å². The lowest BCUT2D eigenvalue weighted by Gasteiger charge is -2.27. The Labute approximate surface area is 133 Å². The molecule has 0 bridgehead atoms. The summed E-state index contributed by atoms with van der Waals surface area (Å²) in [5.41, 5.74) is -1.37. The van der Waals surface area contributed by atoms with E-state index in [0.29, 0.717) is 6.42 Å². The van der Waals surface area contributed by atoms with Gasteiger partial charge in [0, 0.05) is 0 Å². The molecule has 2 unspecified atom stereocenters. The Morgan fingerprint density at radius 1 is 1.50 bits per heavy atom. The summed E-state index contributed by atoms with van der Waals surface area (Å²) in [7, 11) is 0. The van der Waals surface area contributed by atoms with Gasteiger partial charge in [-0.3, -0.25) is 4.79 Å². The Balaban J connectivity index is 2.78. The standard InChI is InChI=1S/C15H19ClFNO4/c1-4-7-15(3,14(20)21)18-13(19)9(2)22-12-6-5-10(17)8-11(12)16/h5-6,8-9H,4,7H2,1-3H3,(H,18,19)(H,20,21). The predicted molar refractivity (Wildman–Crippen MR) is 80.6 cm³/mol. The SMILES string of the molecule is CCCC(C)(NC(=O)C(C)Oc1ccc(F)cc1Cl)C(=O)O. The number of hydrogen-bond donors (Lipinski definition) is 2. The molecule has 0 heterocycles. The topological polar surface area (TPSA) is 75.6 Å². The first-order chi connectivity index (χ1) is 10.2. The average molecular weight is 332 g/mol. The van der Waals surface area contributed by atoms with E-state index < -0.39 is 29.3 Å². The second-order valence-corrected chi connectivity index (χ2v) is 5.62. The van der Waals surface area contributed by atoms with Gasteiger partial charge in [0.25, 0.3) is 5.91 Å². The summed E-state index contributed by atoms with van der Waals surface area (Å²) < 4.78 is 18.3. The van der Waals surface area contributed by atoms with E-state index in [4.69, 9.17) is 16.3 Å². The lowest BCUT2D eigenvalue weighted by Crippen LogP contribution is -2.55. The predicted octanol–water partition coefficient (Wildman–Crippen LogP) is 3.01. The fourth-order valence-electron chi connectivity index (χ4n) is 1.91. The lowest BCUT2D eigenvalue weighted by atomic mass is 9.96. The first-order valence-electron chi connectivity index (χ1n) is 6.86. The van der Waals surface area contributed by atoms with Gasteiger partial charge < -0.3 is 15.2 Å². The first kappa shape index (κ1) is 18.2. The molecule has 0 spiro atoms. The summed E-state index contributed by atoms with van der Waals surface area (Å²) >= 11 is 5.82. The van der Waals surface area contributed by atoms with E-state index in [1.54, 1.807) is 0 Å². The summed E-state index contributed by atoms with van der Waals surface area (Å²) in [5, 5.41) is 11.7. The molecule has 122 valence electrons. The highest BCUT2D eigenvalue weighted by molar-refractivity contribution is 6.32. The molecule has 0 aromatic heterocycles. The summed E-state index contributed by atoms with van der Waals surface area (Å²) in [6.07, 6.45) is -0.0845. The number of nitrogens with one attached hydrogen (secondary N) is 1. The average Bonchev–Trinajstić information content (AvgIpc) is 2.41. The largest absolute Gasteiger partial charge is 0.480 e. The van der Waals surface area contributed by atoms with Crippen molar-refractivity contribution in [1.29, 1.82) is 0 Å². The van der Waals surface area contributed by atoms with Crippen molar-refractivity contribution in [2.45, 2.75) is 45.3 Å². The minimum Gasteiger partial charge on any atom is -0.480 e. The maximum atomic E-state index is 13.0. The molecule has 0 aliphatic heterocycles. The van der Waals surface area contributed by atoms with Crippen molar-refractivity contribution in [2.24, 2.45) is 0 Å². The van der Waals surface area contributed by atoms with Gasteiger partial charge in [-0.15, -0.1) is 0 Å². The third-order valence-electron chi connectivity index (χ3n) is 3.19. The molecule has 1 aromatic carbocycles. The van der Waals surface area contributed by atoms with Crippen molar-refractivity contribution < 1.29 is 23.8 Å². The molecule has 2 N–H and O–H groups in total. The number of amides is 1. The Morgan fingerprint density at radius 2 is 2.14 bits per heavy atom. The number of aliphatic carboxylic acids is 1. The highest BCUT2D eigenvalue weighted by Gasteiger charge is 2.35. The highest BCUT2D eigenvalue weighted by atomic mass is 35.5. The fourth-order valence-corrected chi connectivity index (χ4v) is 2.12. The normalized spacial score (nSPS) is 14.8. The third kappa shape index (κ3) is 4.59. The van der Waals surface area contributed by atoms with Gasteiger partial charge in [-0.25, -0.2) is 9.18 Å². The van der Waals surface area contributed by atoms with E-state index in [0.717, 1.165) is 12.1 Å². The number of ether oxygens (including phenoxy) is 1. The zero-order chi connectivity index (χ0) is 16.9. The van der Waals surface area contributed by atoms with E-state index in [-0.39, 0.29) is 17.2 Å². The Kier molecular flexibility index (Phi) is 6.17. The molecule has 0 saturated heterocycles. The van der Waals surface area contributed by atoms with E-state index >= 15 is 0 Å². The summed E-state index contributed by atoms with van der Waals surface area (Å²) in [4.78, 5) is 23.4. The van der Waals surface area contributed by atoms with E-state index in [2.05, 4.69) is 5.32 Å². The number of rotatable bonds is 7. The van der Waals surface area contributed by atoms with Crippen molar-refractivity contribution in [3.63, 3.8) is 0 Å². The van der Waals surface area contributed by atoms with E-state index in [1.165, 1.54) is 19.9 Å². The van der Waals surface area contributed by atoms with Gasteiger partial charge in [-0.1, -0.05) is 24.9 Å². The number of carboxylic acid groups (broad SMARTS) is 1. The van der Waals surface area contributed by atoms with Gasteiger partial charge in [-0.2, -0.15) is 0 Å². The molecule has 1 aromatic rings. The lowest BCUT2D eigenvalue weighted by molar-refractivity contribution is -0.148. The van der Waals surface area contributed by atoms with Crippen LogP contribution in [0.15, 0.2) is 18.2 Å². The molecule has 1 amide bonds. The van der Waals surface area contributed by atoms with Gasteiger partial charge >= 0.3 is 5.97 Å². The van der Waals surface area contributed by atoms with Crippen LogP contribution in [0.5, 0.6) is 5.75 Å².